The van der Waals surface area contributed by atoms with Crippen LogP contribution in [-0.4, -0.2) is 29.7 Å². The summed E-state index contributed by atoms with van der Waals surface area (Å²) in [5, 5.41) is 3.88. The van der Waals surface area contributed by atoms with Crippen LogP contribution in [0.25, 0.3) is 0 Å². The van der Waals surface area contributed by atoms with Crippen LogP contribution in [0.3, 0.4) is 0 Å². The van der Waals surface area contributed by atoms with Gasteiger partial charge in [-0.2, -0.15) is 0 Å². The van der Waals surface area contributed by atoms with Crippen molar-refractivity contribution in [3.63, 3.8) is 0 Å². The Morgan fingerprint density at radius 3 is 2.94 bits per heavy atom. The number of hydrogen-bond donors (Lipinski definition) is 1. The molecule has 0 saturated carbocycles. The Labute approximate surface area is 123 Å². The van der Waals surface area contributed by atoms with E-state index in [2.05, 4.69) is 15.3 Å². The largest absolute Gasteiger partial charge is 0.376 e. The number of aromatic nitrogens is 2. The van der Waals surface area contributed by atoms with Gasteiger partial charge in [-0.05, 0) is 36.9 Å². The van der Waals surface area contributed by atoms with Crippen LogP contribution in [0.1, 0.15) is 18.4 Å². The molecule has 18 heavy (non-hydrogen) atoms. The molecule has 0 radical (unpaired) electrons. The molecule has 1 fully saturated rings. The number of nitrogens with zero attached hydrogens (tertiary/aromatic N) is 2. The standard InChI is InChI=1S/C11H15Cl2N3O.ClH/c12-10-9(5-15-11(13)16-10)7-17-6-8-2-1-3-14-4-8;/h5,8,14H,1-4,6-7H2;1H. The molecule has 0 bridgehead atoms. The SMILES string of the molecule is Cl.Clc1ncc(COCC2CCCNC2)c(Cl)n1. The summed E-state index contributed by atoms with van der Waals surface area (Å²) in [6.07, 6.45) is 4.05. The molecule has 1 saturated heterocycles. The second-order valence-corrected chi connectivity index (χ2v) is 4.88. The highest BCUT2D eigenvalue weighted by Crippen LogP contribution is 2.16. The molecular formula is C11H16Cl3N3O. The van der Waals surface area contributed by atoms with Gasteiger partial charge in [-0.15, -0.1) is 12.4 Å². The molecule has 2 rings (SSSR count). The first-order chi connectivity index (χ1) is 8.25. The van der Waals surface area contributed by atoms with E-state index in [4.69, 9.17) is 27.9 Å². The number of nitrogens with one attached hydrogen (secondary N) is 1. The third-order valence-electron chi connectivity index (χ3n) is 2.79. The fourth-order valence-electron chi connectivity index (χ4n) is 1.86. The highest BCUT2D eigenvalue weighted by Gasteiger charge is 2.13. The third kappa shape index (κ3) is 4.86. The molecule has 102 valence electrons. The molecule has 4 nitrogen and oxygen atoms in total. The van der Waals surface area contributed by atoms with Crippen molar-refractivity contribution in [3.05, 3.63) is 22.2 Å². The first kappa shape index (κ1) is 15.9. The normalized spacial score (nSPS) is 19.3. The van der Waals surface area contributed by atoms with Crippen LogP contribution in [0.2, 0.25) is 10.4 Å². The molecule has 1 aliphatic heterocycles. The number of hydrogen-bond acceptors (Lipinski definition) is 4. The topological polar surface area (TPSA) is 47.0 Å². The maximum Gasteiger partial charge on any atom is 0.223 e. The van der Waals surface area contributed by atoms with Gasteiger partial charge in [0.2, 0.25) is 5.28 Å². The smallest absolute Gasteiger partial charge is 0.223 e. The molecule has 1 aromatic heterocycles. The van der Waals surface area contributed by atoms with Crippen molar-refractivity contribution in [1.29, 1.82) is 0 Å². The van der Waals surface area contributed by atoms with E-state index < -0.39 is 0 Å². The van der Waals surface area contributed by atoms with Crippen molar-refractivity contribution in [3.8, 4) is 0 Å². The molecular weight excluding hydrogens is 296 g/mol. The van der Waals surface area contributed by atoms with Crippen LogP contribution in [0, 0.1) is 5.92 Å². The van der Waals surface area contributed by atoms with Crippen molar-refractivity contribution >= 4 is 35.6 Å². The van der Waals surface area contributed by atoms with Crippen molar-refractivity contribution in [2.24, 2.45) is 5.92 Å². The van der Waals surface area contributed by atoms with E-state index in [-0.39, 0.29) is 17.7 Å². The number of piperidine rings is 1. The molecule has 0 amide bonds. The van der Waals surface area contributed by atoms with E-state index in [9.17, 15) is 0 Å². The Morgan fingerprint density at radius 1 is 1.44 bits per heavy atom. The molecule has 1 unspecified atom stereocenters. The van der Waals surface area contributed by atoms with Crippen LogP contribution < -0.4 is 5.32 Å². The zero-order chi connectivity index (χ0) is 12.1. The quantitative estimate of drug-likeness (QED) is 0.686. The molecule has 0 spiro atoms. The zero-order valence-electron chi connectivity index (χ0n) is 9.86. The van der Waals surface area contributed by atoms with Crippen LogP contribution in [-0.2, 0) is 11.3 Å². The zero-order valence-corrected chi connectivity index (χ0v) is 12.2. The van der Waals surface area contributed by atoms with Gasteiger partial charge in [-0.1, -0.05) is 11.6 Å². The predicted molar refractivity (Wildman–Crippen MR) is 74.5 cm³/mol. The molecule has 2 heterocycles. The predicted octanol–water partition coefficient (Wildman–Crippen LogP) is 2.72. The van der Waals surface area contributed by atoms with Gasteiger partial charge >= 0.3 is 0 Å². The number of ether oxygens (including phenoxy) is 1. The summed E-state index contributed by atoms with van der Waals surface area (Å²) in [7, 11) is 0. The summed E-state index contributed by atoms with van der Waals surface area (Å²) in [5.74, 6) is 0.593. The molecule has 1 aliphatic rings. The molecule has 1 aromatic rings. The van der Waals surface area contributed by atoms with E-state index in [1.165, 1.54) is 12.8 Å². The average molecular weight is 313 g/mol. The van der Waals surface area contributed by atoms with E-state index >= 15 is 0 Å². The Balaban J connectivity index is 0.00000162. The van der Waals surface area contributed by atoms with Gasteiger partial charge in [0.05, 0.1) is 13.2 Å². The second kappa shape index (κ2) is 8.12. The fourth-order valence-corrected chi connectivity index (χ4v) is 2.22. The summed E-state index contributed by atoms with van der Waals surface area (Å²) in [5.41, 5.74) is 0.778. The van der Waals surface area contributed by atoms with Crippen molar-refractivity contribution in [2.45, 2.75) is 19.4 Å². The van der Waals surface area contributed by atoms with E-state index in [1.807, 2.05) is 0 Å². The first-order valence-corrected chi connectivity index (χ1v) is 6.46. The van der Waals surface area contributed by atoms with E-state index in [1.54, 1.807) is 6.20 Å². The monoisotopic (exact) mass is 311 g/mol. The molecule has 1 atom stereocenters. The number of rotatable bonds is 4. The lowest BCUT2D eigenvalue weighted by atomic mass is 10.0. The van der Waals surface area contributed by atoms with E-state index in [0.717, 1.165) is 25.3 Å². The summed E-state index contributed by atoms with van der Waals surface area (Å²) >= 11 is 11.5. The molecule has 7 heteroatoms. The maximum atomic E-state index is 5.92. The number of halogens is 3. The van der Waals surface area contributed by atoms with Gasteiger partial charge in [0, 0.05) is 18.3 Å². The van der Waals surface area contributed by atoms with Crippen molar-refractivity contribution < 1.29 is 4.74 Å². The lowest BCUT2D eigenvalue weighted by Crippen LogP contribution is -2.32. The third-order valence-corrected chi connectivity index (χ3v) is 3.30. The minimum atomic E-state index is 0. The Kier molecular flexibility index (Phi) is 7.19. The van der Waals surface area contributed by atoms with Gasteiger partial charge in [0.1, 0.15) is 5.15 Å². The fraction of sp³-hybridized carbons (Fsp3) is 0.636. The highest BCUT2D eigenvalue weighted by molar-refractivity contribution is 6.32. The Morgan fingerprint density at radius 2 is 2.28 bits per heavy atom. The van der Waals surface area contributed by atoms with Gasteiger partial charge < -0.3 is 10.1 Å². The summed E-state index contributed by atoms with van der Waals surface area (Å²) in [4.78, 5) is 7.75. The molecule has 0 aliphatic carbocycles. The van der Waals surface area contributed by atoms with Crippen LogP contribution in [0.5, 0.6) is 0 Å². The van der Waals surface area contributed by atoms with Crippen LogP contribution in [0.4, 0.5) is 0 Å². The molecule has 0 aromatic carbocycles. The molecule has 1 N–H and O–H groups in total. The second-order valence-electron chi connectivity index (χ2n) is 4.18. The van der Waals surface area contributed by atoms with Gasteiger partial charge in [-0.25, -0.2) is 9.97 Å². The van der Waals surface area contributed by atoms with Crippen molar-refractivity contribution in [1.82, 2.24) is 15.3 Å². The minimum Gasteiger partial charge on any atom is -0.376 e. The summed E-state index contributed by atoms with van der Waals surface area (Å²) < 4.78 is 5.63. The van der Waals surface area contributed by atoms with Crippen LogP contribution in [0.15, 0.2) is 6.20 Å². The van der Waals surface area contributed by atoms with E-state index in [0.29, 0.717) is 17.7 Å². The van der Waals surface area contributed by atoms with Crippen molar-refractivity contribution in [2.75, 3.05) is 19.7 Å². The van der Waals surface area contributed by atoms with Crippen LogP contribution >= 0.6 is 35.6 Å². The lowest BCUT2D eigenvalue weighted by Gasteiger charge is -2.22. The average Bonchev–Trinajstić information content (AvgIpc) is 2.33. The Hall–Kier alpha value is -0.130. The Bertz CT molecular complexity index is 373. The summed E-state index contributed by atoms with van der Waals surface area (Å²) in [6, 6.07) is 0. The van der Waals surface area contributed by atoms with Gasteiger partial charge in [0.15, 0.2) is 0 Å². The lowest BCUT2D eigenvalue weighted by molar-refractivity contribution is 0.0780. The van der Waals surface area contributed by atoms with Gasteiger partial charge in [-0.3, -0.25) is 0 Å². The highest BCUT2D eigenvalue weighted by atomic mass is 35.5. The maximum absolute atomic E-state index is 5.92. The summed E-state index contributed by atoms with van der Waals surface area (Å²) in [6.45, 7) is 3.33. The first-order valence-electron chi connectivity index (χ1n) is 5.71. The minimum absolute atomic E-state index is 0. The van der Waals surface area contributed by atoms with Gasteiger partial charge in [0.25, 0.3) is 0 Å².